The van der Waals surface area contributed by atoms with Crippen LogP contribution in [0, 0.1) is 0 Å². The summed E-state index contributed by atoms with van der Waals surface area (Å²) in [5.41, 5.74) is 0.726. The van der Waals surface area contributed by atoms with E-state index in [1.807, 2.05) is 66.7 Å². The molecule has 0 heterocycles. The molecule has 0 saturated carbocycles. The topological polar surface area (TPSA) is 26.3 Å². The summed E-state index contributed by atoms with van der Waals surface area (Å²) in [5.74, 6) is 0.0545. The lowest BCUT2D eigenvalue weighted by Gasteiger charge is -2.11. The summed E-state index contributed by atoms with van der Waals surface area (Å²) in [5, 5.41) is 1.10. The van der Waals surface area contributed by atoms with Crippen LogP contribution in [0.25, 0.3) is 10.8 Å². The van der Waals surface area contributed by atoms with E-state index in [4.69, 9.17) is 16.3 Å². The molecular formula is C18H13ClO2. The van der Waals surface area contributed by atoms with Crippen LogP contribution in [0.3, 0.4) is 0 Å². The first-order valence-electron chi connectivity index (χ1n) is 6.64. The van der Waals surface area contributed by atoms with Crippen molar-refractivity contribution in [1.82, 2.24) is 0 Å². The second kappa shape index (κ2) is 5.98. The number of esters is 1. The monoisotopic (exact) mass is 296 g/mol. The highest BCUT2D eigenvalue weighted by Gasteiger charge is 2.20. The molecule has 1 unspecified atom stereocenters. The maximum absolute atomic E-state index is 12.2. The molecular weight excluding hydrogens is 284 g/mol. The summed E-state index contributed by atoms with van der Waals surface area (Å²) < 4.78 is 5.47. The third kappa shape index (κ3) is 2.91. The smallest absolute Gasteiger partial charge is 0.334 e. The predicted octanol–water partition coefficient (Wildman–Crippen LogP) is 4.73. The van der Waals surface area contributed by atoms with Crippen molar-refractivity contribution in [3.8, 4) is 5.75 Å². The number of fused-ring (bicyclic) bond motifs is 1. The number of carbonyl (C=O) groups excluding carboxylic acids is 1. The zero-order valence-electron chi connectivity index (χ0n) is 11.2. The van der Waals surface area contributed by atoms with Gasteiger partial charge in [0, 0.05) is 5.39 Å². The highest BCUT2D eigenvalue weighted by Crippen LogP contribution is 2.28. The third-order valence-corrected chi connectivity index (χ3v) is 3.69. The number of rotatable bonds is 3. The van der Waals surface area contributed by atoms with Gasteiger partial charge in [-0.25, -0.2) is 4.79 Å². The Labute approximate surface area is 127 Å². The fraction of sp³-hybridized carbons (Fsp3) is 0.0556. The molecule has 2 nitrogen and oxygen atoms in total. The fourth-order valence-corrected chi connectivity index (χ4v) is 2.39. The summed E-state index contributed by atoms with van der Waals surface area (Å²) in [7, 11) is 0. The van der Waals surface area contributed by atoms with Gasteiger partial charge in [0.25, 0.3) is 0 Å². The van der Waals surface area contributed by atoms with Gasteiger partial charge in [-0.05, 0) is 17.0 Å². The molecule has 3 rings (SSSR count). The van der Waals surface area contributed by atoms with Gasteiger partial charge in [0.2, 0.25) is 0 Å². The number of alkyl halides is 1. The van der Waals surface area contributed by atoms with Crippen molar-refractivity contribution in [3.05, 3.63) is 78.4 Å². The minimum Gasteiger partial charge on any atom is -0.425 e. The van der Waals surface area contributed by atoms with Gasteiger partial charge >= 0.3 is 5.97 Å². The van der Waals surface area contributed by atoms with Gasteiger partial charge in [-0.15, -0.1) is 11.6 Å². The van der Waals surface area contributed by atoms with E-state index in [1.54, 1.807) is 6.07 Å². The second-order valence-electron chi connectivity index (χ2n) is 4.67. The van der Waals surface area contributed by atoms with E-state index in [9.17, 15) is 4.79 Å². The van der Waals surface area contributed by atoms with Crippen LogP contribution in [0.4, 0.5) is 0 Å². The maximum Gasteiger partial charge on any atom is 0.334 e. The number of hydrogen-bond donors (Lipinski definition) is 0. The van der Waals surface area contributed by atoms with E-state index in [-0.39, 0.29) is 0 Å². The molecule has 0 spiro atoms. The molecule has 1 atom stereocenters. The van der Waals surface area contributed by atoms with Crippen LogP contribution in [0.5, 0.6) is 5.75 Å². The zero-order valence-corrected chi connectivity index (χ0v) is 12.0. The molecule has 0 bridgehead atoms. The molecule has 0 fully saturated rings. The van der Waals surface area contributed by atoms with Crippen LogP contribution < -0.4 is 4.74 Å². The summed E-state index contributed by atoms with van der Waals surface area (Å²) >= 11 is 6.18. The highest BCUT2D eigenvalue weighted by atomic mass is 35.5. The molecule has 21 heavy (non-hydrogen) atoms. The lowest BCUT2D eigenvalue weighted by Crippen LogP contribution is -2.14. The van der Waals surface area contributed by atoms with E-state index in [0.717, 1.165) is 16.3 Å². The first-order valence-corrected chi connectivity index (χ1v) is 7.08. The quantitative estimate of drug-likeness (QED) is 0.397. The first kappa shape index (κ1) is 13.7. The summed E-state index contributed by atoms with van der Waals surface area (Å²) in [6, 6.07) is 22.5. The van der Waals surface area contributed by atoms with Crippen molar-refractivity contribution in [2.75, 3.05) is 0 Å². The first-order chi connectivity index (χ1) is 10.3. The van der Waals surface area contributed by atoms with Gasteiger partial charge in [0.15, 0.2) is 5.38 Å². The van der Waals surface area contributed by atoms with Crippen LogP contribution in [0.15, 0.2) is 72.8 Å². The van der Waals surface area contributed by atoms with Crippen molar-refractivity contribution >= 4 is 28.3 Å². The maximum atomic E-state index is 12.2. The van der Waals surface area contributed by atoms with Crippen LogP contribution in [-0.4, -0.2) is 5.97 Å². The largest absolute Gasteiger partial charge is 0.425 e. The molecule has 0 aliphatic rings. The average Bonchev–Trinajstić information content (AvgIpc) is 2.55. The molecule has 0 saturated heterocycles. The molecule has 104 valence electrons. The molecule has 0 aliphatic carbocycles. The van der Waals surface area contributed by atoms with Crippen LogP contribution in [0.1, 0.15) is 10.9 Å². The Morgan fingerprint density at radius 3 is 2.33 bits per heavy atom. The normalized spacial score (nSPS) is 12.0. The molecule has 0 N–H and O–H groups in total. The lowest BCUT2D eigenvalue weighted by molar-refractivity contribution is -0.134. The minimum atomic E-state index is -0.815. The van der Waals surface area contributed by atoms with Gasteiger partial charge in [0.05, 0.1) is 0 Å². The molecule has 0 radical (unpaired) electrons. The minimum absolute atomic E-state index is 0.473. The molecule has 3 heteroatoms. The summed E-state index contributed by atoms with van der Waals surface area (Å²) in [6.07, 6.45) is 0. The van der Waals surface area contributed by atoms with Crippen LogP contribution in [-0.2, 0) is 4.79 Å². The number of ether oxygens (including phenoxy) is 1. The van der Waals surface area contributed by atoms with Crippen molar-refractivity contribution in [2.45, 2.75) is 5.38 Å². The second-order valence-corrected chi connectivity index (χ2v) is 5.11. The Kier molecular flexibility index (Phi) is 3.89. The Hall–Kier alpha value is -2.32. The number of carbonyl (C=O) groups is 1. The van der Waals surface area contributed by atoms with Crippen molar-refractivity contribution in [2.24, 2.45) is 0 Å². The van der Waals surface area contributed by atoms with Crippen molar-refractivity contribution < 1.29 is 9.53 Å². The highest BCUT2D eigenvalue weighted by molar-refractivity contribution is 6.30. The molecule has 0 amide bonds. The van der Waals surface area contributed by atoms with Gasteiger partial charge < -0.3 is 4.74 Å². The van der Waals surface area contributed by atoms with Crippen molar-refractivity contribution in [3.63, 3.8) is 0 Å². The van der Waals surface area contributed by atoms with E-state index in [1.165, 1.54) is 0 Å². The third-order valence-electron chi connectivity index (χ3n) is 3.26. The zero-order chi connectivity index (χ0) is 14.7. The Morgan fingerprint density at radius 1 is 0.857 bits per heavy atom. The molecule has 3 aromatic carbocycles. The summed E-state index contributed by atoms with van der Waals surface area (Å²) in [4.78, 5) is 12.2. The van der Waals surface area contributed by atoms with Gasteiger partial charge in [0.1, 0.15) is 5.75 Å². The predicted molar refractivity (Wildman–Crippen MR) is 84.6 cm³/mol. The SMILES string of the molecule is O=C(Oc1cccc2ccccc12)C(Cl)c1ccccc1. The van der Waals surface area contributed by atoms with Crippen LogP contribution >= 0.6 is 11.6 Å². The Morgan fingerprint density at radius 2 is 1.52 bits per heavy atom. The number of halogens is 1. The van der Waals surface area contributed by atoms with Crippen molar-refractivity contribution in [1.29, 1.82) is 0 Å². The standard InChI is InChI=1S/C18H13ClO2/c19-17(14-8-2-1-3-9-14)18(20)21-16-12-6-10-13-7-4-5-11-15(13)16/h1-12,17H. The molecule has 0 aliphatic heterocycles. The number of hydrogen-bond acceptors (Lipinski definition) is 2. The van der Waals surface area contributed by atoms with E-state index in [2.05, 4.69) is 0 Å². The van der Waals surface area contributed by atoms with Crippen LogP contribution in [0.2, 0.25) is 0 Å². The Bertz CT molecular complexity index is 763. The molecule has 0 aromatic heterocycles. The number of benzene rings is 3. The Balaban J connectivity index is 1.87. The van der Waals surface area contributed by atoms with Gasteiger partial charge in [-0.2, -0.15) is 0 Å². The average molecular weight is 297 g/mol. The fourth-order valence-electron chi connectivity index (χ4n) is 2.20. The van der Waals surface area contributed by atoms with E-state index in [0.29, 0.717) is 5.75 Å². The van der Waals surface area contributed by atoms with E-state index < -0.39 is 11.3 Å². The van der Waals surface area contributed by atoms with E-state index >= 15 is 0 Å². The lowest BCUT2D eigenvalue weighted by atomic mass is 10.1. The molecule has 3 aromatic rings. The van der Waals surface area contributed by atoms with Gasteiger partial charge in [-0.1, -0.05) is 66.7 Å². The summed E-state index contributed by atoms with van der Waals surface area (Å²) in [6.45, 7) is 0. The van der Waals surface area contributed by atoms with Gasteiger partial charge in [-0.3, -0.25) is 0 Å².